The highest BCUT2D eigenvalue weighted by Crippen LogP contribution is 2.36. The van der Waals surface area contributed by atoms with Crippen molar-refractivity contribution in [3.05, 3.63) is 141 Å². The first-order valence-corrected chi connectivity index (χ1v) is 20.6. The third kappa shape index (κ3) is 8.17. The van der Waals surface area contributed by atoms with Gasteiger partial charge in [-0.05, 0) is 109 Å². The van der Waals surface area contributed by atoms with Gasteiger partial charge < -0.3 is 34.4 Å². The minimum atomic E-state index is -1.04. The molecule has 4 heterocycles. The standard InChI is InChI=1S/C48H52N6O6/c1-31-41(46(57)51(4)38-12-14-40(55)15-13-38)27-44(50(31)3)42-25-34-16-17-53(45(56)23-32-8-7-11-35(22-32)48(59)60)28-37(34)26-43(42)47(58)54-29-36-10-6-5-9-33(36)24-39(54)30-52-20-18-49(2)19-21-52/h5-15,22,25-27,39,55H,16-21,23-24,28-30H2,1-4H3,(H,59,60)/t39-/m0/s1. The number of carbonyl (C=O) groups excluding carboxylic acids is 3. The van der Waals surface area contributed by atoms with Gasteiger partial charge in [0.1, 0.15) is 5.75 Å². The molecule has 5 aromatic rings. The maximum atomic E-state index is 15.5. The van der Waals surface area contributed by atoms with E-state index in [0.717, 1.165) is 72.8 Å². The number of amides is 3. The zero-order valence-electron chi connectivity index (χ0n) is 34.7. The Labute approximate surface area is 350 Å². The van der Waals surface area contributed by atoms with Gasteiger partial charge in [0, 0.05) is 101 Å². The number of carboxylic acid groups (broad SMARTS) is 1. The summed E-state index contributed by atoms with van der Waals surface area (Å²) < 4.78 is 1.98. The number of nitrogens with zero attached hydrogens (tertiary/aromatic N) is 6. The number of likely N-dealkylation sites (N-methyl/N-ethyl adjacent to an activating group) is 1. The molecule has 1 atom stereocenters. The highest BCUT2D eigenvalue weighted by molar-refractivity contribution is 6.08. The number of phenolic OH excluding ortho intramolecular Hbond substituents is 1. The molecule has 0 saturated carbocycles. The average molecular weight is 809 g/mol. The number of fused-ring (bicyclic) bond motifs is 2. The van der Waals surface area contributed by atoms with Crippen LogP contribution in [0.5, 0.6) is 5.75 Å². The highest BCUT2D eigenvalue weighted by atomic mass is 16.4. The van der Waals surface area contributed by atoms with Crippen molar-refractivity contribution in [3.63, 3.8) is 0 Å². The second-order valence-corrected chi connectivity index (χ2v) is 16.5. The molecule has 3 amide bonds. The Hall–Kier alpha value is -6.24. The van der Waals surface area contributed by atoms with Crippen LogP contribution < -0.4 is 4.90 Å². The Bertz CT molecular complexity index is 2470. The fraction of sp³-hybridized carbons (Fsp3) is 0.333. The van der Waals surface area contributed by atoms with E-state index in [2.05, 4.69) is 41.1 Å². The fourth-order valence-electron chi connectivity index (χ4n) is 8.93. The van der Waals surface area contributed by atoms with Crippen molar-refractivity contribution in [1.82, 2.24) is 24.2 Å². The van der Waals surface area contributed by atoms with E-state index >= 15 is 4.79 Å². The SMILES string of the molecule is Cc1c(C(=O)N(C)c2ccc(O)cc2)cc(-c2cc3c(cc2C(=O)N2Cc4ccccc4C[C@H]2CN2CCN(C)CC2)CN(C(=O)Cc2cccc(C(=O)O)c2)CC3)n1C. The molecule has 2 N–H and O–H groups in total. The second-order valence-electron chi connectivity index (χ2n) is 16.5. The lowest BCUT2D eigenvalue weighted by Gasteiger charge is -2.42. The molecule has 1 aromatic heterocycles. The maximum absolute atomic E-state index is 15.5. The number of aromatic hydroxyl groups is 1. The van der Waals surface area contributed by atoms with Gasteiger partial charge in [-0.1, -0.05) is 36.4 Å². The Morgan fingerprint density at radius 3 is 2.23 bits per heavy atom. The molecule has 0 unspecified atom stereocenters. The zero-order chi connectivity index (χ0) is 42.2. The minimum Gasteiger partial charge on any atom is -0.508 e. The van der Waals surface area contributed by atoms with Crippen LogP contribution in [0.3, 0.4) is 0 Å². The number of benzene rings is 4. The van der Waals surface area contributed by atoms with Crippen LogP contribution in [-0.2, 0) is 44.2 Å². The van der Waals surface area contributed by atoms with Crippen LogP contribution >= 0.6 is 0 Å². The van der Waals surface area contributed by atoms with Gasteiger partial charge in [0.15, 0.2) is 0 Å². The van der Waals surface area contributed by atoms with Crippen molar-refractivity contribution in [2.75, 3.05) is 58.3 Å². The van der Waals surface area contributed by atoms with E-state index in [1.165, 1.54) is 11.6 Å². The molecule has 4 aromatic carbocycles. The summed E-state index contributed by atoms with van der Waals surface area (Å²) in [4.78, 5) is 65.1. The molecule has 8 rings (SSSR count). The lowest BCUT2D eigenvalue weighted by atomic mass is 9.89. The van der Waals surface area contributed by atoms with Gasteiger partial charge in [-0.2, -0.15) is 0 Å². The van der Waals surface area contributed by atoms with Crippen LogP contribution in [-0.4, -0.2) is 117 Å². The van der Waals surface area contributed by atoms with Crippen molar-refractivity contribution in [2.45, 2.75) is 45.3 Å². The van der Waals surface area contributed by atoms with Crippen LogP contribution in [0.25, 0.3) is 11.3 Å². The first-order valence-electron chi connectivity index (χ1n) is 20.6. The van der Waals surface area contributed by atoms with E-state index in [1.54, 1.807) is 59.3 Å². The smallest absolute Gasteiger partial charge is 0.335 e. The van der Waals surface area contributed by atoms with E-state index < -0.39 is 5.97 Å². The Kier molecular flexibility index (Phi) is 11.3. The van der Waals surface area contributed by atoms with E-state index in [1.807, 2.05) is 41.6 Å². The molecule has 0 aliphatic carbocycles. The largest absolute Gasteiger partial charge is 0.508 e. The number of rotatable bonds is 9. The van der Waals surface area contributed by atoms with Crippen LogP contribution in [0.15, 0.2) is 91.0 Å². The number of aromatic nitrogens is 1. The number of phenols is 1. The molecule has 3 aliphatic heterocycles. The van der Waals surface area contributed by atoms with Crippen LogP contribution in [0.1, 0.15) is 64.6 Å². The fourth-order valence-corrected chi connectivity index (χ4v) is 8.93. The molecule has 12 heteroatoms. The predicted molar refractivity (Wildman–Crippen MR) is 230 cm³/mol. The maximum Gasteiger partial charge on any atom is 0.335 e. The summed E-state index contributed by atoms with van der Waals surface area (Å²) in [5.41, 5.74) is 8.97. The number of aromatic carboxylic acids is 1. The van der Waals surface area contributed by atoms with Gasteiger partial charge in [0.25, 0.3) is 11.8 Å². The van der Waals surface area contributed by atoms with E-state index in [9.17, 15) is 24.6 Å². The van der Waals surface area contributed by atoms with Gasteiger partial charge in [0.2, 0.25) is 5.91 Å². The number of hydrogen-bond acceptors (Lipinski definition) is 7. The van der Waals surface area contributed by atoms with Crippen molar-refractivity contribution in [2.24, 2.45) is 7.05 Å². The van der Waals surface area contributed by atoms with Crippen LogP contribution in [0.2, 0.25) is 0 Å². The van der Waals surface area contributed by atoms with Gasteiger partial charge in [-0.25, -0.2) is 4.79 Å². The molecule has 1 fully saturated rings. The Balaban J connectivity index is 1.18. The summed E-state index contributed by atoms with van der Waals surface area (Å²) in [5.74, 6) is -1.35. The third-order valence-corrected chi connectivity index (χ3v) is 12.7. The Morgan fingerprint density at radius 1 is 0.767 bits per heavy atom. The van der Waals surface area contributed by atoms with Gasteiger partial charge in [-0.3, -0.25) is 19.3 Å². The zero-order valence-corrected chi connectivity index (χ0v) is 34.7. The summed E-state index contributed by atoms with van der Waals surface area (Å²) in [6.45, 7) is 7.73. The third-order valence-electron chi connectivity index (χ3n) is 12.7. The molecule has 310 valence electrons. The number of piperazine rings is 1. The summed E-state index contributed by atoms with van der Waals surface area (Å²) >= 11 is 0. The summed E-state index contributed by atoms with van der Waals surface area (Å²) in [6.07, 6.45) is 1.38. The molecule has 60 heavy (non-hydrogen) atoms. The number of anilines is 1. The van der Waals surface area contributed by atoms with Crippen LogP contribution in [0.4, 0.5) is 5.69 Å². The summed E-state index contributed by atoms with van der Waals surface area (Å²) in [7, 11) is 5.77. The first-order chi connectivity index (χ1) is 28.8. The van der Waals surface area contributed by atoms with Crippen molar-refractivity contribution < 1.29 is 29.4 Å². The van der Waals surface area contributed by atoms with Crippen molar-refractivity contribution in [3.8, 4) is 17.0 Å². The topological polar surface area (TPSA) is 130 Å². The molecular formula is C48H52N6O6. The first kappa shape index (κ1) is 40.5. The second kappa shape index (κ2) is 16.8. The average Bonchev–Trinajstić information content (AvgIpc) is 3.55. The highest BCUT2D eigenvalue weighted by Gasteiger charge is 2.35. The molecule has 12 nitrogen and oxygen atoms in total. The number of carbonyl (C=O) groups is 4. The molecule has 3 aliphatic rings. The van der Waals surface area contributed by atoms with Crippen LogP contribution in [0, 0.1) is 6.92 Å². The quantitative estimate of drug-likeness (QED) is 0.197. The molecule has 0 bridgehead atoms. The lowest BCUT2D eigenvalue weighted by Crippen LogP contribution is -2.53. The van der Waals surface area contributed by atoms with Gasteiger partial charge in [-0.15, -0.1) is 0 Å². The summed E-state index contributed by atoms with van der Waals surface area (Å²) in [5, 5.41) is 19.4. The number of hydrogen-bond donors (Lipinski definition) is 2. The van der Waals surface area contributed by atoms with Gasteiger partial charge in [0.05, 0.1) is 17.5 Å². The predicted octanol–water partition coefficient (Wildman–Crippen LogP) is 5.62. The normalized spacial score (nSPS) is 16.9. The van der Waals surface area contributed by atoms with E-state index in [0.29, 0.717) is 48.4 Å². The van der Waals surface area contributed by atoms with Crippen molar-refractivity contribution in [1.29, 1.82) is 0 Å². The van der Waals surface area contributed by atoms with E-state index in [4.69, 9.17) is 0 Å². The summed E-state index contributed by atoms with van der Waals surface area (Å²) in [6, 6.07) is 27.2. The van der Waals surface area contributed by atoms with Crippen molar-refractivity contribution >= 4 is 29.4 Å². The van der Waals surface area contributed by atoms with E-state index in [-0.39, 0.29) is 41.5 Å². The molecular weight excluding hydrogens is 757 g/mol. The monoisotopic (exact) mass is 808 g/mol. The molecule has 0 spiro atoms. The number of carboxylic acids is 1. The van der Waals surface area contributed by atoms with Gasteiger partial charge >= 0.3 is 5.97 Å². The lowest BCUT2D eigenvalue weighted by molar-refractivity contribution is -0.131. The molecule has 1 saturated heterocycles. The molecule has 0 radical (unpaired) electrons. The Morgan fingerprint density at radius 2 is 1.50 bits per heavy atom. The minimum absolute atomic E-state index is 0.0643.